The van der Waals surface area contributed by atoms with Gasteiger partial charge in [0.25, 0.3) is 0 Å². The third-order valence-electron chi connectivity index (χ3n) is 2.30. The number of hydrogen-bond acceptors (Lipinski definition) is 2. The summed E-state index contributed by atoms with van der Waals surface area (Å²) in [7, 11) is 1.77. The van der Waals surface area contributed by atoms with E-state index in [2.05, 4.69) is 26.3 Å². The van der Waals surface area contributed by atoms with E-state index < -0.39 is 11.6 Å². The van der Waals surface area contributed by atoms with Crippen LogP contribution in [0.5, 0.6) is 0 Å². The van der Waals surface area contributed by atoms with Gasteiger partial charge in [-0.15, -0.1) is 0 Å². The zero-order valence-corrected chi connectivity index (χ0v) is 10.6. The van der Waals surface area contributed by atoms with E-state index >= 15 is 0 Å². The van der Waals surface area contributed by atoms with Crippen LogP contribution in [-0.4, -0.2) is 9.78 Å². The second-order valence-electron chi connectivity index (χ2n) is 3.55. The number of nitrogens with zero attached hydrogens (tertiary/aromatic N) is 2. The Labute approximate surface area is 106 Å². The first-order valence-corrected chi connectivity index (χ1v) is 5.73. The Morgan fingerprint density at radius 2 is 2.12 bits per heavy atom. The van der Waals surface area contributed by atoms with Gasteiger partial charge < -0.3 is 5.32 Å². The van der Waals surface area contributed by atoms with Gasteiger partial charge in [0.2, 0.25) is 0 Å². The van der Waals surface area contributed by atoms with Crippen molar-refractivity contribution in [3.63, 3.8) is 0 Å². The number of nitrogens with one attached hydrogen (secondary N) is 1. The fourth-order valence-corrected chi connectivity index (χ4v) is 1.79. The minimum atomic E-state index is -0.589. The maximum Gasteiger partial charge on any atom is 0.148 e. The van der Waals surface area contributed by atoms with E-state index in [9.17, 15) is 8.78 Å². The van der Waals surface area contributed by atoms with Crippen LogP contribution in [-0.2, 0) is 13.6 Å². The summed E-state index contributed by atoms with van der Waals surface area (Å²) in [5, 5.41) is 6.91. The topological polar surface area (TPSA) is 29.9 Å². The highest BCUT2D eigenvalue weighted by Crippen LogP contribution is 2.22. The second kappa shape index (κ2) is 4.83. The molecule has 2 aromatic rings. The van der Waals surface area contributed by atoms with Crippen molar-refractivity contribution in [1.29, 1.82) is 0 Å². The number of aromatic nitrogens is 2. The van der Waals surface area contributed by atoms with Crippen LogP contribution in [0.1, 0.15) is 5.56 Å². The number of benzene rings is 1. The van der Waals surface area contributed by atoms with Crippen molar-refractivity contribution in [2.45, 2.75) is 6.54 Å². The van der Waals surface area contributed by atoms with E-state index in [0.717, 1.165) is 0 Å². The Balaban J connectivity index is 2.16. The maximum atomic E-state index is 13.6. The van der Waals surface area contributed by atoms with E-state index in [1.54, 1.807) is 24.0 Å². The second-order valence-corrected chi connectivity index (χ2v) is 4.40. The van der Waals surface area contributed by atoms with Crippen molar-refractivity contribution in [2.24, 2.45) is 7.05 Å². The molecular weight excluding hydrogens is 292 g/mol. The zero-order chi connectivity index (χ0) is 12.4. The van der Waals surface area contributed by atoms with E-state index in [1.165, 1.54) is 12.1 Å². The molecule has 17 heavy (non-hydrogen) atoms. The highest BCUT2D eigenvalue weighted by atomic mass is 79.9. The predicted octanol–water partition coefficient (Wildman–Crippen LogP) is 3.07. The van der Waals surface area contributed by atoms with Gasteiger partial charge in [0, 0.05) is 31.4 Å². The SMILES string of the molecule is Cn1ccc(NCc2c(F)ccc(Br)c2F)n1. The molecule has 0 spiro atoms. The van der Waals surface area contributed by atoms with Crippen LogP contribution in [0.4, 0.5) is 14.6 Å². The molecule has 6 heteroatoms. The highest BCUT2D eigenvalue weighted by Gasteiger charge is 2.12. The molecule has 0 amide bonds. The van der Waals surface area contributed by atoms with Crippen LogP contribution in [0.2, 0.25) is 0 Å². The lowest BCUT2D eigenvalue weighted by Gasteiger charge is -2.07. The molecule has 2 rings (SSSR count). The van der Waals surface area contributed by atoms with Crippen LogP contribution in [0.3, 0.4) is 0 Å². The van der Waals surface area contributed by atoms with Crippen LogP contribution < -0.4 is 5.32 Å². The molecule has 0 fully saturated rings. The van der Waals surface area contributed by atoms with Gasteiger partial charge >= 0.3 is 0 Å². The lowest BCUT2D eigenvalue weighted by atomic mass is 10.2. The first-order chi connectivity index (χ1) is 8.08. The molecule has 0 aliphatic carbocycles. The van der Waals surface area contributed by atoms with Gasteiger partial charge in [0.15, 0.2) is 0 Å². The minimum Gasteiger partial charge on any atom is -0.364 e. The van der Waals surface area contributed by atoms with Gasteiger partial charge in [-0.3, -0.25) is 4.68 Å². The average Bonchev–Trinajstić information content (AvgIpc) is 2.70. The predicted molar refractivity (Wildman–Crippen MR) is 64.6 cm³/mol. The normalized spacial score (nSPS) is 10.6. The fraction of sp³-hybridized carbons (Fsp3) is 0.182. The summed E-state index contributed by atoms with van der Waals surface area (Å²) in [4.78, 5) is 0. The quantitative estimate of drug-likeness (QED) is 0.883. The number of anilines is 1. The van der Waals surface area contributed by atoms with Crippen molar-refractivity contribution in [2.75, 3.05) is 5.32 Å². The number of halogens is 3. The summed E-state index contributed by atoms with van der Waals surface area (Å²) in [6, 6.07) is 4.30. The molecule has 3 nitrogen and oxygen atoms in total. The molecule has 1 N–H and O–H groups in total. The van der Waals surface area contributed by atoms with Crippen molar-refractivity contribution >= 4 is 21.7 Å². The zero-order valence-electron chi connectivity index (χ0n) is 9.04. The third-order valence-corrected chi connectivity index (χ3v) is 2.91. The number of aryl methyl sites for hydroxylation is 1. The van der Waals surface area contributed by atoms with Gasteiger partial charge in [0.1, 0.15) is 17.5 Å². The van der Waals surface area contributed by atoms with Gasteiger partial charge in [-0.1, -0.05) is 0 Å². The van der Waals surface area contributed by atoms with E-state index in [1.807, 2.05) is 0 Å². The van der Waals surface area contributed by atoms with Crippen LogP contribution >= 0.6 is 15.9 Å². The lowest BCUT2D eigenvalue weighted by Crippen LogP contribution is -2.06. The average molecular weight is 302 g/mol. The van der Waals surface area contributed by atoms with Crippen molar-refractivity contribution in [3.05, 3.63) is 46.1 Å². The van der Waals surface area contributed by atoms with E-state index in [4.69, 9.17) is 0 Å². The van der Waals surface area contributed by atoms with Gasteiger partial charge in [-0.25, -0.2) is 8.78 Å². The first kappa shape index (κ1) is 12.0. The highest BCUT2D eigenvalue weighted by molar-refractivity contribution is 9.10. The minimum absolute atomic E-state index is 0.00923. The Kier molecular flexibility index (Phi) is 3.42. The van der Waals surface area contributed by atoms with Crippen molar-refractivity contribution in [1.82, 2.24) is 9.78 Å². The fourth-order valence-electron chi connectivity index (χ4n) is 1.42. The molecule has 0 aliphatic heterocycles. The molecule has 1 aromatic carbocycles. The van der Waals surface area contributed by atoms with Crippen molar-refractivity contribution in [3.8, 4) is 0 Å². The summed E-state index contributed by atoms with van der Waals surface area (Å²) in [5.41, 5.74) is -0.00923. The maximum absolute atomic E-state index is 13.6. The Morgan fingerprint density at radius 1 is 1.35 bits per heavy atom. The first-order valence-electron chi connectivity index (χ1n) is 4.94. The summed E-state index contributed by atoms with van der Waals surface area (Å²) in [5.74, 6) is -0.589. The standard InChI is InChI=1S/C11H10BrF2N3/c1-17-5-4-10(16-17)15-6-7-9(13)3-2-8(12)11(7)14/h2-5H,6H2,1H3,(H,15,16). The van der Waals surface area contributed by atoms with Gasteiger partial charge in [-0.2, -0.15) is 5.10 Å². The molecule has 0 aliphatic rings. The monoisotopic (exact) mass is 301 g/mol. The Hall–Kier alpha value is -1.43. The van der Waals surface area contributed by atoms with E-state index in [0.29, 0.717) is 5.82 Å². The van der Waals surface area contributed by atoms with E-state index in [-0.39, 0.29) is 16.6 Å². The summed E-state index contributed by atoms with van der Waals surface area (Å²) in [6.45, 7) is 0.0497. The smallest absolute Gasteiger partial charge is 0.148 e. The lowest BCUT2D eigenvalue weighted by molar-refractivity contribution is 0.555. The molecule has 0 radical (unpaired) electrons. The molecular formula is C11H10BrF2N3. The Bertz CT molecular complexity index is 540. The Morgan fingerprint density at radius 3 is 2.76 bits per heavy atom. The molecule has 0 saturated carbocycles. The van der Waals surface area contributed by atoms with Gasteiger partial charge in [0.05, 0.1) is 4.47 Å². The molecule has 1 heterocycles. The summed E-state index contributed by atoms with van der Waals surface area (Å²) < 4.78 is 28.9. The van der Waals surface area contributed by atoms with Crippen LogP contribution in [0.25, 0.3) is 0 Å². The molecule has 0 bridgehead atoms. The van der Waals surface area contributed by atoms with Gasteiger partial charge in [-0.05, 0) is 28.1 Å². The molecule has 1 aromatic heterocycles. The molecule has 0 unspecified atom stereocenters. The number of hydrogen-bond donors (Lipinski definition) is 1. The molecule has 0 atom stereocenters. The van der Waals surface area contributed by atoms with Crippen molar-refractivity contribution < 1.29 is 8.78 Å². The van der Waals surface area contributed by atoms with Crippen LogP contribution in [0.15, 0.2) is 28.9 Å². The number of rotatable bonds is 3. The largest absolute Gasteiger partial charge is 0.364 e. The van der Waals surface area contributed by atoms with Crippen LogP contribution in [0, 0.1) is 11.6 Å². The third kappa shape index (κ3) is 2.63. The molecule has 0 saturated heterocycles. The summed E-state index contributed by atoms with van der Waals surface area (Å²) in [6.07, 6.45) is 1.75. The summed E-state index contributed by atoms with van der Waals surface area (Å²) >= 11 is 3.02. The molecule has 90 valence electrons.